The van der Waals surface area contributed by atoms with Crippen molar-refractivity contribution in [2.24, 2.45) is 0 Å². The lowest BCUT2D eigenvalue weighted by Crippen LogP contribution is -2.30. The fourth-order valence-corrected chi connectivity index (χ4v) is 8.92. The van der Waals surface area contributed by atoms with Crippen LogP contribution in [-0.4, -0.2) is 37.9 Å². The van der Waals surface area contributed by atoms with Crippen molar-refractivity contribution >= 4 is 11.9 Å². The van der Waals surface area contributed by atoms with Gasteiger partial charge in [-0.1, -0.05) is 283 Å². The molecule has 0 aliphatic heterocycles. The van der Waals surface area contributed by atoms with Crippen LogP contribution in [0.15, 0.2) is 12.2 Å². The van der Waals surface area contributed by atoms with E-state index in [0.717, 1.165) is 38.5 Å². The average Bonchev–Trinajstić information content (AvgIpc) is 3.30. The van der Waals surface area contributed by atoms with Gasteiger partial charge in [0, 0.05) is 19.4 Å². The molecule has 0 unspecified atom stereocenters. The molecule has 0 saturated carbocycles. The van der Waals surface area contributed by atoms with Gasteiger partial charge in [0.2, 0.25) is 0 Å². The van der Waals surface area contributed by atoms with Gasteiger partial charge in [0.1, 0.15) is 6.61 Å². The Bertz CT molecular complexity index is 932. The molecular formula is C59H114O5. The van der Waals surface area contributed by atoms with Gasteiger partial charge in [-0.15, -0.1) is 0 Å². The Morgan fingerprint density at radius 1 is 0.328 bits per heavy atom. The molecule has 0 bridgehead atoms. The molecular weight excluding hydrogens is 789 g/mol. The summed E-state index contributed by atoms with van der Waals surface area (Å²) in [5.74, 6) is -0.380. The van der Waals surface area contributed by atoms with E-state index in [1.807, 2.05) is 0 Å². The highest BCUT2D eigenvalue weighted by molar-refractivity contribution is 5.70. The fourth-order valence-electron chi connectivity index (χ4n) is 8.92. The molecule has 0 aliphatic rings. The van der Waals surface area contributed by atoms with Crippen molar-refractivity contribution in [2.45, 2.75) is 335 Å². The largest absolute Gasteiger partial charge is 0.462 e. The summed E-state index contributed by atoms with van der Waals surface area (Å²) < 4.78 is 17.5. The first-order chi connectivity index (χ1) is 31.6. The summed E-state index contributed by atoms with van der Waals surface area (Å²) >= 11 is 0. The van der Waals surface area contributed by atoms with Crippen LogP contribution in [-0.2, 0) is 23.8 Å². The predicted molar refractivity (Wildman–Crippen MR) is 279 cm³/mol. The van der Waals surface area contributed by atoms with Crippen LogP contribution in [0.1, 0.15) is 329 Å². The van der Waals surface area contributed by atoms with Crippen molar-refractivity contribution in [3.63, 3.8) is 0 Å². The normalized spacial score (nSPS) is 12.1. The molecule has 0 aromatic heterocycles. The van der Waals surface area contributed by atoms with E-state index in [2.05, 4.69) is 32.9 Å². The lowest BCUT2D eigenvalue weighted by atomic mass is 10.0. The Kier molecular flexibility index (Phi) is 54.8. The van der Waals surface area contributed by atoms with E-state index >= 15 is 0 Å². The van der Waals surface area contributed by atoms with Gasteiger partial charge in [0.05, 0.1) is 6.61 Å². The Hall–Kier alpha value is -1.36. The second kappa shape index (κ2) is 56.0. The summed E-state index contributed by atoms with van der Waals surface area (Å²) in [5, 5.41) is 0. The van der Waals surface area contributed by atoms with Crippen LogP contribution in [0.5, 0.6) is 0 Å². The Balaban J connectivity index is 4.21. The van der Waals surface area contributed by atoms with Crippen molar-refractivity contribution in [1.82, 2.24) is 0 Å². The monoisotopic (exact) mass is 903 g/mol. The van der Waals surface area contributed by atoms with Crippen LogP contribution in [0.25, 0.3) is 0 Å². The number of hydrogen-bond acceptors (Lipinski definition) is 5. The maximum absolute atomic E-state index is 12.9. The van der Waals surface area contributed by atoms with Crippen LogP contribution in [0.4, 0.5) is 0 Å². The zero-order valence-corrected chi connectivity index (χ0v) is 43.8. The molecule has 0 heterocycles. The number of ether oxygens (including phenoxy) is 3. The number of carbonyl (C=O) groups excluding carboxylic acids is 2. The van der Waals surface area contributed by atoms with Crippen LogP contribution < -0.4 is 0 Å². The topological polar surface area (TPSA) is 61.8 Å². The molecule has 5 nitrogen and oxygen atoms in total. The number of unbranched alkanes of at least 4 members (excludes halogenated alkanes) is 42. The minimum Gasteiger partial charge on any atom is -0.462 e. The molecule has 0 rings (SSSR count). The lowest BCUT2D eigenvalue weighted by Gasteiger charge is -2.18. The highest BCUT2D eigenvalue weighted by Crippen LogP contribution is 2.17. The van der Waals surface area contributed by atoms with E-state index in [1.54, 1.807) is 0 Å². The second-order valence-electron chi connectivity index (χ2n) is 19.9. The summed E-state index contributed by atoms with van der Waals surface area (Å²) in [4.78, 5) is 25.5. The molecule has 0 fully saturated rings. The summed E-state index contributed by atoms with van der Waals surface area (Å²) in [6.07, 6.45) is 65.2. The first-order valence-corrected chi connectivity index (χ1v) is 29.2. The summed E-state index contributed by atoms with van der Waals surface area (Å²) in [6, 6.07) is 0. The number of rotatable bonds is 55. The van der Waals surface area contributed by atoms with Gasteiger partial charge in [-0.3, -0.25) is 9.59 Å². The zero-order valence-electron chi connectivity index (χ0n) is 43.8. The standard InChI is InChI=1S/C59H114O5/c1-4-7-10-13-16-19-22-25-28-30-32-35-38-41-44-47-50-53-59(61)64-57(55-62-54-51-48-45-42-39-36-33-29-26-23-20-17-14-11-8-5-2)56-63-58(60)52-49-46-43-40-37-34-31-27-24-21-18-15-12-9-6-3/h27,31,57H,4-26,28-30,32-56H2,1-3H3/b31-27-/t57-/m1/s1. The van der Waals surface area contributed by atoms with Gasteiger partial charge in [-0.25, -0.2) is 0 Å². The minimum atomic E-state index is -0.530. The van der Waals surface area contributed by atoms with Gasteiger partial charge in [0.15, 0.2) is 6.10 Å². The number of allylic oxidation sites excluding steroid dienone is 2. The predicted octanol–water partition coefficient (Wildman–Crippen LogP) is 19.8. The molecule has 380 valence electrons. The van der Waals surface area contributed by atoms with Gasteiger partial charge < -0.3 is 14.2 Å². The molecule has 0 aliphatic carbocycles. The van der Waals surface area contributed by atoms with Crippen molar-refractivity contribution in [1.29, 1.82) is 0 Å². The maximum atomic E-state index is 12.9. The van der Waals surface area contributed by atoms with Crippen LogP contribution in [0, 0.1) is 0 Å². The summed E-state index contributed by atoms with van der Waals surface area (Å²) in [7, 11) is 0. The van der Waals surface area contributed by atoms with E-state index < -0.39 is 6.10 Å². The molecule has 64 heavy (non-hydrogen) atoms. The summed E-state index contributed by atoms with van der Waals surface area (Å²) in [6.45, 7) is 7.90. The second-order valence-corrected chi connectivity index (χ2v) is 19.9. The third-order valence-corrected chi connectivity index (χ3v) is 13.3. The first-order valence-electron chi connectivity index (χ1n) is 29.2. The molecule has 1 atom stereocenters. The quantitative estimate of drug-likeness (QED) is 0.0346. The molecule has 0 aromatic carbocycles. The summed E-state index contributed by atoms with van der Waals surface area (Å²) in [5.41, 5.74) is 0. The van der Waals surface area contributed by atoms with E-state index in [-0.39, 0.29) is 18.5 Å². The van der Waals surface area contributed by atoms with Crippen LogP contribution in [0.3, 0.4) is 0 Å². The maximum Gasteiger partial charge on any atom is 0.306 e. The Labute approximate surface area is 401 Å². The zero-order chi connectivity index (χ0) is 46.3. The Morgan fingerprint density at radius 2 is 0.609 bits per heavy atom. The minimum absolute atomic E-state index is 0.0909. The molecule has 0 saturated heterocycles. The number of esters is 2. The van der Waals surface area contributed by atoms with Crippen molar-refractivity contribution < 1.29 is 23.8 Å². The van der Waals surface area contributed by atoms with Crippen molar-refractivity contribution in [3.8, 4) is 0 Å². The average molecular weight is 904 g/mol. The molecule has 0 N–H and O–H groups in total. The smallest absolute Gasteiger partial charge is 0.306 e. The third-order valence-electron chi connectivity index (χ3n) is 13.3. The van der Waals surface area contributed by atoms with E-state index in [0.29, 0.717) is 26.1 Å². The van der Waals surface area contributed by atoms with Crippen LogP contribution in [0.2, 0.25) is 0 Å². The highest BCUT2D eigenvalue weighted by Gasteiger charge is 2.17. The number of carbonyl (C=O) groups is 2. The van der Waals surface area contributed by atoms with Gasteiger partial charge >= 0.3 is 11.9 Å². The third kappa shape index (κ3) is 53.3. The molecule has 0 spiro atoms. The number of hydrogen-bond donors (Lipinski definition) is 0. The molecule has 5 heteroatoms. The Morgan fingerprint density at radius 3 is 0.953 bits per heavy atom. The van der Waals surface area contributed by atoms with Crippen LogP contribution >= 0.6 is 0 Å². The van der Waals surface area contributed by atoms with Gasteiger partial charge in [-0.05, 0) is 44.9 Å². The molecule has 0 aromatic rings. The van der Waals surface area contributed by atoms with Crippen molar-refractivity contribution in [3.05, 3.63) is 12.2 Å². The first kappa shape index (κ1) is 62.6. The van der Waals surface area contributed by atoms with Gasteiger partial charge in [-0.2, -0.15) is 0 Å². The SMILES string of the molecule is CCCCCCCC/C=C\CCCCCCCC(=O)OC[C@@H](COCCCCCCCCCCCCCCCCCC)OC(=O)CCCCCCCCCCCCCCCCCCC. The highest BCUT2D eigenvalue weighted by atomic mass is 16.6. The lowest BCUT2D eigenvalue weighted by molar-refractivity contribution is -0.163. The van der Waals surface area contributed by atoms with E-state index in [4.69, 9.17) is 14.2 Å². The molecule has 0 amide bonds. The molecule has 0 radical (unpaired) electrons. The fraction of sp³-hybridized carbons (Fsp3) is 0.932. The van der Waals surface area contributed by atoms with E-state index in [9.17, 15) is 9.59 Å². The van der Waals surface area contributed by atoms with E-state index in [1.165, 1.54) is 257 Å². The van der Waals surface area contributed by atoms with Crippen molar-refractivity contribution in [2.75, 3.05) is 19.8 Å². The van der Waals surface area contributed by atoms with Gasteiger partial charge in [0.25, 0.3) is 0 Å².